The molecular formula is C17H15NS2. The monoisotopic (exact) mass is 297 g/mol. The summed E-state index contributed by atoms with van der Waals surface area (Å²) in [6, 6.07) is 19.4. The lowest BCUT2D eigenvalue weighted by molar-refractivity contribution is 1.01. The maximum Gasteiger partial charge on any atom is 0.0977 e. The Kier molecular flexibility index (Phi) is 3.99. The predicted molar refractivity (Wildman–Crippen MR) is 90.7 cm³/mol. The van der Waals surface area contributed by atoms with E-state index in [4.69, 9.17) is 0 Å². The van der Waals surface area contributed by atoms with Crippen molar-refractivity contribution in [2.75, 3.05) is 12.5 Å². The third kappa shape index (κ3) is 2.69. The molecule has 0 bridgehead atoms. The van der Waals surface area contributed by atoms with Crippen molar-refractivity contribution in [2.45, 2.75) is 10.1 Å². The van der Waals surface area contributed by atoms with Gasteiger partial charge in [-0.1, -0.05) is 36.4 Å². The first-order chi connectivity index (χ1) is 9.80. The topological polar surface area (TPSA) is 12.9 Å². The Morgan fingerprint density at radius 2 is 1.35 bits per heavy atom. The first kappa shape index (κ1) is 13.5. The van der Waals surface area contributed by atoms with Crippen molar-refractivity contribution in [3.8, 4) is 11.1 Å². The average Bonchev–Trinajstić information content (AvgIpc) is 2.53. The maximum absolute atomic E-state index is 4.58. The zero-order chi connectivity index (χ0) is 13.9. The molecule has 0 saturated heterocycles. The molecule has 3 rings (SSSR count). The normalized spacial score (nSPS) is 10.9. The molecule has 100 valence electrons. The Balaban J connectivity index is 2.14. The van der Waals surface area contributed by atoms with Crippen LogP contribution in [-0.4, -0.2) is 17.5 Å². The van der Waals surface area contributed by atoms with Crippen molar-refractivity contribution >= 4 is 34.3 Å². The van der Waals surface area contributed by atoms with Crippen LogP contribution < -0.4 is 0 Å². The van der Waals surface area contributed by atoms with Crippen LogP contribution in [0.3, 0.4) is 0 Å². The molecule has 0 aliphatic rings. The van der Waals surface area contributed by atoms with Crippen LogP contribution >= 0.6 is 23.5 Å². The molecule has 0 spiro atoms. The van der Waals surface area contributed by atoms with Crippen molar-refractivity contribution in [3.05, 3.63) is 54.6 Å². The van der Waals surface area contributed by atoms with Crippen LogP contribution in [0.1, 0.15) is 0 Å². The Morgan fingerprint density at radius 3 is 2.00 bits per heavy atom. The van der Waals surface area contributed by atoms with Crippen LogP contribution in [0, 0.1) is 0 Å². The molecule has 0 amide bonds. The molecule has 20 heavy (non-hydrogen) atoms. The van der Waals surface area contributed by atoms with Crippen LogP contribution in [0.25, 0.3) is 21.9 Å². The first-order valence-corrected chi connectivity index (χ1v) is 8.84. The fourth-order valence-corrected chi connectivity index (χ4v) is 3.15. The summed E-state index contributed by atoms with van der Waals surface area (Å²) in [4.78, 5) is 4.58. The molecule has 1 nitrogen and oxygen atoms in total. The standard InChI is InChI=1S/C17H15NS2/c1-19-16-10-15(11-17(18-16)20-2)14-8-7-12-5-3-4-6-13(12)9-14/h3-11H,1-2H3. The van der Waals surface area contributed by atoms with E-state index in [1.54, 1.807) is 23.5 Å². The number of fused-ring (bicyclic) bond motifs is 1. The highest BCUT2D eigenvalue weighted by Gasteiger charge is 2.05. The van der Waals surface area contributed by atoms with E-state index >= 15 is 0 Å². The van der Waals surface area contributed by atoms with E-state index in [9.17, 15) is 0 Å². The van der Waals surface area contributed by atoms with Gasteiger partial charge in [0.15, 0.2) is 0 Å². The molecule has 3 heteroatoms. The zero-order valence-corrected chi connectivity index (χ0v) is 13.1. The number of hydrogen-bond donors (Lipinski definition) is 0. The second-order valence-corrected chi connectivity index (χ2v) is 6.16. The van der Waals surface area contributed by atoms with Gasteiger partial charge < -0.3 is 0 Å². The van der Waals surface area contributed by atoms with E-state index in [0.29, 0.717) is 0 Å². The van der Waals surface area contributed by atoms with Gasteiger partial charge in [-0.15, -0.1) is 23.5 Å². The van der Waals surface area contributed by atoms with E-state index in [1.807, 2.05) is 0 Å². The van der Waals surface area contributed by atoms with Gasteiger partial charge in [0, 0.05) is 0 Å². The minimum Gasteiger partial charge on any atom is -0.235 e. The summed E-state index contributed by atoms with van der Waals surface area (Å²) in [5.41, 5.74) is 2.48. The Labute approximate surface area is 127 Å². The van der Waals surface area contributed by atoms with Crippen molar-refractivity contribution in [3.63, 3.8) is 0 Å². The lowest BCUT2D eigenvalue weighted by Gasteiger charge is -2.08. The number of benzene rings is 2. The van der Waals surface area contributed by atoms with Gasteiger partial charge in [0.05, 0.1) is 10.1 Å². The van der Waals surface area contributed by atoms with E-state index in [2.05, 4.69) is 72.1 Å². The second-order valence-electron chi connectivity index (χ2n) is 4.50. The van der Waals surface area contributed by atoms with Crippen LogP contribution in [0.2, 0.25) is 0 Å². The summed E-state index contributed by atoms with van der Waals surface area (Å²) < 4.78 is 0. The molecule has 3 aromatic rings. The molecule has 1 aromatic heterocycles. The van der Waals surface area contributed by atoms with E-state index in [1.165, 1.54) is 21.9 Å². The first-order valence-electron chi connectivity index (χ1n) is 6.39. The van der Waals surface area contributed by atoms with Crippen LogP contribution in [0.4, 0.5) is 0 Å². The number of pyridine rings is 1. The summed E-state index contributed by atoms with van der Waals surface area (Å²) in [7, 11) is 0. The van der Waals surface area contributed by atoms with Gasteiger partial charge in [-0.25, -0.2) is 4.98 Å². The molecular weight excluding hydrogens is 282 g/mol. The SMILES string of the molecule is CSc1cc(-c2ccc3ccccc3c2)cc(SC)n1. The molecule has 2 aromatic carbocycles. The molecule has 0 aliphatic carbocycles. The van der Waals surface area contributed by atoms with Crippen molar-refractivity contribution in [1.82, 2.24) is 4.98 Å². The lowest BCUT2D eigenvalue weighted by Crippen LogP contribution is -1.87. The highest BCUT2D eigenvalue weighted by Crippen LogP contribution is 2.29. The van der Waals surface area contributed by atoms with Gasteiger partial charge >= 0.3 is 0 Å². The van der Waals surface area contributed by atoms with Gasteiger partial charge in [0.2, 0.25) is 0 Å². The maximum atomic E-state index is 4.58. The van der Waals surface area contributed by atoms with Gasteiger partial charge in [-0.3, -0.25) is 0 Å². The number of thioether (sulfide) groups is 2. The summed E-state index contributed by atoms with van der Waals surface area (Å²) >= 11 is 3.37. The van der Waals surface area contributed by atoms with Crippen molar-refractivity contribution in [1.29, 1.82) is 0 Å². The molecule has 0 fully saturated rings. The molecule has 0 unspecified atom stereocenters. The summed E-state index contributed by atoms with van der Waals surface area (Å²) in [5, 5.41) is 4.69. The van der Waals surface area contributed by atoms with E-state index < -0.39 is 0 Å². The fraction of sp³-hybridized carbons (Fsp3) is 0.118. The summed E-state index contributed by atoms with van der Waals surface area (Å²) in [5.74, 6) is 0. The molecule has 1 heterocycles. The molecule has 0 atom stereocenters. The Morgan fingerprint density at radius 1 is 0.700 bits per heavy atom. The number of nitrogens with zero attached hydrogens (tertiary/aromatic N) is 1. The number of aromatic nitrogens is 1. The Hall–Kier alpha value is -1.45. The fourth-order valence-electron chi connectivity index (χ4n) is 2.23. The molecule has 0 saturated carbocycles. The third-order valence-electron chi connectivity index (χ3n) is 3.28. The van der Waals surface area contributed by atoms with Gasteiger partial charge in [0.25, 0.3) is 0 Å². The van der Waals surface area contributed by atoms with Crippen LogP contribution in [0.5, 0.6) is 0 Å². The van der Waals surface area contributed by atoms with Crippen molar-refractivity contribution in [2.24, 2.45) is 0 Å². The van der Waals surface area contributed by atoms with Gasteiger partial charge in [-0.05, 0) is 52.6 Å². The predicted octanol–water partition coefficient (Wildman–Crippen LogP) is 5.35. The number of hydrogen-bond acceptors (Lipinski definition) is 3. The van der Waals surface area contributed by atoms with E-state index in [-0.39, 0.29) is 0 Å². The Bertz CT molecular complexity index is 731. The molecule has 0 N–H and O–H groups in total. The molecule has 0 radical (unpaired) electrons. The summed E-state index contributed by atoms with van der Waals surface area (Å²) in [6.45, 7) is 0. The van der Waals surface area contributed by atoms with E-state index in [0.717, 1.165) is 10.1 Å². The van der Waals surface area contributed by atoms with Gasteiger partial charge in [-0.2, -0.15) is 0 Å². The molecule has 0 aliphatic heterocycles. The van der Waals surface area contributed by atoms with Crippen LogP contribution in [-0.2, 0) is 0 Å². The highest BCUT2D eigenvalue weighted by atomic mass is 32.2. The van der Waals surface area contributed by atoms with Gasteiger partial charge in [0.1, 0.15) is 0 Å². The highest BCUT2D eigenvalue weighted by molar-refractivity contribution is 7.99. The quantitative estimate of drug-likeness (QED) is 0.605. The van der Waals surface area contributed by atoms with Crippen molar-refractivity contribution < 1.29 is 0 Å². The largest absolute Gasteiger partial charge is 0.235 e. The third-order valence-corrected chi connectivity index (χ3v) is 4.53. The minimum atomic E-state index is 1.07. The lowest BCUT2D eigenvalue weighted by atomic mass is 10.0. The smallest absolute Gasteiger partial charge is 0.0977 e. The zero-order valence-electron chi connectivity index (χ0n) is 11.5. The average molecular weight is 297 g/mol. The summed E-state index contributed by atoms with van der Waals surface area (Å²) in [6.07, 6.45) is 4.13. The van der Waals surface area contributed by atoms with Crippen LogP contribution in [0.15, 0.2) is 64.6 Å². The minimum absolute atomic E-state index is 1.07. The number of rotatable bonds is 3. The second kappa shape index (κ2) is 5.90.